The zero-order valence-corrected chi connectivity index (χ0v) is 12.2. The number of benzene rings is 1. The maximum absolute atomic E-state index is 11.9. The highest BCUT2D eigenvalue weighted by Gasteiger charge is 2.15. The summed E-state index contributed by atoms with van der Waals surface area (Å²) in [6.45, 7) is 0. The standard InChI is InChI=1S/C12H6BrN3O3S/c13-7-1-2-8(6(3-7)4-14)15-10(17)9-5-20-11(16-9)12(18)19/h1-3,5H,(H,15,17)(H,18,19). The average Bonchev–Trinajstić information content (AvgIpc) is 2.90. The number of nitrogens with zero attached hydrogens (tertiary/aromatic N) is 2. The van der Waals surface area contributed by atoms with Crippen molar-refractivity contribution in [1.82, 2.24) is 4.98 Å². The lowest BCUT2D eigenvalue weighted by atomic mass is 10.2. The molecular weight excluding hydrogens is 346 g/mol. The number of thiazole rings is 1. The highest BCUT2D eigenvalue weighted by molar-refractivity contribution is 9.10. The molecule has 2 aromatic rings. The molecule has 8 heteroatoms. The third-order valence-corrected chi connectivity index (χ3v) is 3.59. The zero-order valence-electron chi connectivity index (χ0n) is 9.75. The van der Waals surface area contributed by atoms with Gasteiger partial charge in [0.05, 0.1) is 11.3 Å². The van der Waals surface area contributed by atoms with E-state index in [1.807, 2.05) is 6.07 Å². The van der Waals surface area contributed by atoms with Gasteiger partial charge in [-0.1, -0.05) is 15.9 Å². The highest BCUT2D eigenvalue weighted by atomic mass is 79.9. The van der Waals surface area contributed by atoms with E-state index < -0.39 is 11.9 Å². The van der Waals surface area contributed by atoms with Crippen LogP contribution in [-0.2, 0) is 0 Å². The minimum absolute atomic E-state index is 0.000733. The summed E-state index contributed by atoms with van der Waals surface area (Å²) in [6, 6.07) is 6.78. The molecule has 1 heterocycles. The minimum atomic E-state index is -1.18. The number of aromatic carboxylic acids is 1. The van der Waals surface area contributed by atoms with Crippen LogP contribution >= 0.6 is 27.3 Å². The number of aromatic nitrogens is 1. The van der Waals surface area contributed by atoms with E-state index in [0.29, 0.717) is 15.7 Å². The van der Waals surface area contributed by atoms with E-state index in [1.54, 1.807) is 18.2 Å². The molecule has 0 bridgehead atoms. The van der Waals surface area contributed by atoms with Crippen molar-refractivity contribution in [2.75, 3.05) is 5.32 Å². The fourth-order valence-corrected chi connectivity index (χ4v) is 2.38. The lowest BCUT2D eigenvalue weighted by Gasteiger charge is -2.05. The van der Waals surface area contributed by atoms with Crippen molar-refractivity contribution in [2.45, 2.75) is 0 Å². The summed E-state index contributed by atoms with van der Waals surface area (Å²) in [7, 11) is 0. The Hall–Kier alpha value is -2.24. The van der Waals surface area contributed by atoms with E-state index in [9.17, 15) is 9.59 Å². The fourth-order valence-electron chi connectivity index (χ4n) is 1.38. The number of nitriles is 1. The summed E-state index contributed by atoms with van der Waals surface area (Å²) < 4.78 is 0.717. The molecule has 0 aliphatic carbocycles. The number of hydrogen-bond donors (Lipinski definition) is 2. The van der Waals surface area contributed by atoms with Gasteiger partial charge in [-0.25, -0.2) is 9.78 Å². The van der Waals surface area contributed by atoms with Crippen molar-refractivity contribution in [3.8, 4) is 6.07 Å². The summed E-state index contributed by atoms with van der Waals surface area (Å²) >= 11 is 4.09. The molecule has 0 spiro atoms. The summed E-state index contributed by atoms with van der Waals surface area (Å²) in [6.07, 6.45) is 0. The smallest absolute Gasteiger partial charge is 0.365 e. The molecule has 1 aromatic carbocycles. The van der Waals surface area contributed by atoms with Gasteiger partial charge < -0.3 is 10.4 Å². The number of halogens is 1. The fraction of sp³-hybridized carbons (Fsp3) is 0. The van der Waals surface area contributed by atoms with E-state index in [0.717, 1.165) is 11.3 Å². The second-order valence-corrected chi connectivity index (χ2v) is 5.37. The average molecular weight is 352 g/mol. The Morgan fingerprint density at radius 3 is 2.80 bits per heavy atom. The number of carboxylic acids is 1. The molecule has 6 nitrogen and oxygen atoms in total. The molecule has 1 aromatic heterocycles. The van der Waals surface area contributed by atoms with Crippen LogP contribution < -0.4 is 5.32 Å². The van der Waals surface area contributed by atoms with Gasteiger partial charge in [0.25, 0.3) is 5.91 Å². The summed E-state index contributed by atoms with van der Waals surface area (Å²) in [5.74, 6) is -1.75. The van der Waals surface area contributed by atoms with Gasteiger partial charge >= 0.3 is 5.97 Å². The first kappa shape index (κ1) is 14.2. The Bertz CT molecular complexity index is 736. The molecule has 0 saturated heterocycles. The largest absolute Gasteiger partial charge is 0.476 e. The Morgan fingerprint density at radius 2 is 2.20 bits per heavy atom. The number of nitrogens with one attached hydrogen (secondary N) is 1. The van der Waals surface area contributed by atoms with Crippen molar-refractivity contribution in [1.29, 1.82) is 5.26 Å². The summed E-state index contributed by atoms with van der Waals surface area (Å²) in [4.78, 5) is 26.3. The van der Waals surface area contributed by atoms with Crippen molar-refractivity contribution >= 4 is 44.8 Å². The van der Waals surface area contributed by atoms with Crippen LogP contribution in [0.5, 0.6) is 0 Å². The second-order valence-electron chi connectivity index (χ2n) is 3.60. The molecule has 2 N–H and O–H groups in total. The van der Waals surface area contributed by atoms with Gasteiger partial charge in [-0.05, 0) is 18.2 Å². The number of hydrogen-bond acceptors (Lipinski definition) is 5. The Kier molecular flexibility index (Phi) is 4.12. The van der Waals surface area contributed by atoms with Crippen LogP contribution in [0.3, 0.4) is 0 Å². The number of rotatable bonds is 3. The van der Waals surface area contributed by atoms with Gasteiger partial charge in [0, 0.05) is 9.85 Å². The number of carbonyl (C=O) groups excluding carboxylic acids is 1. The van der Waals surface area contributed by atoms with Gasteiger partial charge in [-0.3, -0.25) is 4.79 Å². The van der Waals surface area contributed by atoms with Crippen LogP contribution in [0.4, 0.5) is 5.69 Å². The van der Waals surface area contributed by atoms with Crippen molar-refractivity contribution in [3.63, 3.8) is 0 Å². The van der Waals surface area contributed by atoms with Crippen molar-refractivity contribution < 1.29 is 14.7 Å². The van der Waals surface area contributed by atoms with Crippen LogP contribution in [-0.4, -0.2) is 22.0 Å². The lowest BCUT2D eigenvalue weighted by Crippen LogP contribution is -2.13. The van der Waals surface area contributed by atoms with E-state index >= 15 is 0 Å². The molecular formula is C12H6BrN3O3S. The minimum Gasteiger partial charge on any atom is -0.476 e. The Labute approximate surface area is 125 Å². The normalized spacial score (nSPS) is 9.80. The third kappa shape index (κ3) is 3.01. The lowest BCUT2D eigenvalue weighted by molar-refractivity contribution is 0.0696. The quantitative estimate of drug-likeness (QED) is 0.884. The maximum Gasteiger partial charge on any atom is 0.365 e. The number of anilines is 1. The first-order valence-electron chi connectivity index (χ1n) is 5.21. The van der Waals surface area contributed by atoms with Gasteiger partial charge in [0.15, 0.2) is 0 Å². The monoisotopic (exact) mass is 351 g/mol. The predicted octanol–water partition coefficient (Wildman–Crippen LogP) is 2.73. The Morgan fingerprint density at radius 1 is 1.45 bits per heavy atom. The third-order valence-electron chi connectivity index (χ3n) is 2.27. The molecule has 0 unspecified atom stereocenters. The Balaban J connectivity index is 2.23. The molecule has 0 aliphatic rings. The number of amides is 1. The molecule has 1 amide bonds. The molecule has 0 fully saturated rings. The highest BCUT2D eigenvalue weighted by Crippen LogP contribution is 2.21. The molecule has 0 saturated carbocycles. The van der Waals surface area contributed by atoms with Crippen LogP contribution in [0.15, 0.2) is 28.1 Å². The van der Waals surface area contributed by atoms with Gasteiger partial charge in [0.1, 0.15) is 11.8 Å². The number of carboxylic acid groups (broad SMARTS) is 1. The zero-order chi connectivity index (χ0) is 14.7. The van der Waals surface area contributed by atoms with E-state index in [4.69, 9.17) is 10.4 Å². The van der Waals surface area contributed by atoms with E-state index in [-0.39, 0.29) is 10.7 Å². The van der Waals surface area contributed by atoms with E-state index in [2.05, 4.69) is 26.2 Å². The van der Waals surface area contributed by atoms with Crippen LogP contribution in [0.25, 0.3) is 0 Å². The molecule has 0 atom stereocenters. The van der Waals surface area contributed by atoms with E-state index in [1.165, 1.54) is 5.38 Å². The number of carbonyl (C=O) groups is 2. The van der Waals surface area contributed by atoms with Gasteiger partial charge in [-0.15, -0.1) is 11.3 Å². The SMILES string of the molecule is N#Cc1cc(Br)ccc1NC(=O)c1csc(C(=O)O)n1. The van der Waals surface area contributed by atoms with Crippen LogP contribution in [0, 0.1) is 11.3 Å². The maximum atomic E-state index is 11.9. The topological polar surface area (TPSA) is 103 Å². The first-order valence-corrected chi connectivity index (χ1v) is 6.88. The molecule has 2 rings (SSSR count). The summed E-state index contributed by atoms with van der Waals surface area (Å²) in [5.41, 5.74) is 0.631. The molecule has 0 aliphatic heterocycles. The van der Waals surface area contributed by atoms with Crippen molar-refractivity contribution in [3.05, 3.63) is 44.3 Å². The first-order chi connectivity index (χ1) is 9.51. The van der Waals surface area contributed by atoms with Crippen LogP contribution in [0.1, 0.15) is 25.9 Å². The molecule has 0 radical (unpaired) electrons. The molecule has 100 valence electrons. The van der Waals surface area contributed by atoms with Gasteiger partial charge in [-0.2, -0.15) is 5.26 Å². The van der Waals surface area contributed by atoms with Crippen LogP contribution in [0.2, 0.25) is 0 Å². The van der Waals surface area contributed by atoms with Crippen molar-refractivity contribution in [2.24, 2.45) is 0 Å². The second kappa shape index (κ2) is 5.81. The predicted molar refractivity (Wildman–Crippen MR) is 75.9 cm³/mol. The van der Waals surface area contributed by atoms with Gasteiger partial charge in [0.2, 0.25) is 5.01 Å². The summed E-state index contributed by atoms with van der Waals surface area (Å²) in [5, 5.41) is 21.5. The molecule has 20 heavy (non-hydrogen) atoms.